The van der Waals surface area contributed by atoms with Crippen molar-refractivity contribution in [1.29, 1.82) is 0 Å². The quantitative estimate of drug-likeness (QED) is 0.795. The van der Waals surface area contributed by atoms with Gasteiger partial charge < -0.3 is 5.32 Å². The predicted octanol–water partition coefficient (Wildman–Crippen LogP) is 3.58. The van der Waals surface area contributed by atoms with Gasteiger partial charge in [0.05, 0.1) is 0 Å². The molecule has 0 radical (unpaired) electrons. The molecule has 1 heteroatoms. The van der Waals surface area contributed by atoms with E-state index in [-0.39, 0.29) is 0 Å². The van der Waals surface area contributed by atoms with Crippen molar-refractivity contribution in [3.63, 3.8) is 0 Å². The van der Waals surface area contributed by atoms with Crippen LogP contribution in [0.4, 0.5) is 0 Å². The summed E-state index contributed by atoms with van der Waals surface area (Å²) in [6, 6.07) is 7.41. The van der Waals surface area contributed by atoms with Crippen LogP contribution >= 0.6 is 0 Å². The van der Waals surface area contributed by atoms with E-state index in [1.807, 2.05) is 0 Å². The number of benzene rings is 1. The lowest BCUT2D eigenvalue weighted by atomic mass is 10.1. The topological polar surface area (TPSA) is 12.0 Å². The van der Waals surface area contributed by atoms with E-state index in [0.29, 0.717) is 6.04 Å². The van der Waals surface area contributed by atoms with Gasteiger partial charge in [-0.2, -0.15) is 0 Å². The SMILES string of the molecule is Cc1ccc(CNC(C)CC2CC2)cc1C. The summed E-state index contributed by atoms with van der Waals surface area (Å²) in [7, 11) is 0. The van der Waals surface area contributed by atoms with Crippen molar-refractivity contribution in [3.8, 4) is 0 Å². The third-order valence-corrected chi connectivity index (χ3v) is 3.61. The maximum atomic E-state index is 3.62. The van der Waals surface area contributed by atoms with Gasteiger partial charge in [-0.25, -0.2) is 0 Å². The number of nitrogens with one attached hydrogen (secondary N) is 1. The summed E-state index contributed by atoms with van der Waals surface area (Å²) < 4.78 is 0. The van der Waals surface area contributed by atoms with Crippen molar-refractivity contribution in [3.05, 3.63) is 34.9 Å². The minimum Gasteiger partial charge on any atom is -0.310 e. The third kappa shape index (κ3) is 3.34. The van der Waals surface area contributed by atoms with Gasteiger partial charge >= 0.3 is 0 Å². The molecule has 0 aliphatic heterocycles. The highest BCUT2D eigenvalue weighted by Gasteiger charge is 2.23. The van der Waals surface area contributed by atoms with Gasteiger partial charge in [0.25, 0.3) is 0 Å². The second kappa shape index (κ2) is 5.01. The summed E-state index contributed by atoms with van der Waals surface area (Å²) in [5.41, 5.74) is 4.19. The molecule has 0 saturated heterocycles. The first kappa shape index (κ1) is 11.7. The second-order valence-corrected chi connectivity index (χ2v) is 5.38. The number of hydrogen-bond donors (Lipinski definition) is 1. The van der Waals surface area contributed by atoms with Crippen molar-refractivity contribution in [1.82, 2.24) is 5.32 Å². The van der Waals surface area contributed by atoms with Crippen LogP contribution in [-0.2, 0) is 6.54 Å². The highest BCUT2D eigenvalue weighted by atomic mass is 14.9. The maximum Gasteiger partial charge on any atom is 0.0208 e. The van der Waals surface area contributed by atoms with Gasteiger partial charge in [0, 0.05) is 12.6 Å². The van der Waals surface area contributed by atoms with E-state index >= 15 is 0 Å². The minimum atomic E-state index is 0.661. The zero-order chi connectivity index (χ0) is 11.5. The fraction of sp³-hybridized carbons (Fsp3) is 0.600. The molecule has 1 atom stereocenters. The molecule has 1 aromatic carbocycles. The Morgan fingerprint density at radius 2 is 2.00 bits per heavy atom. The zero-order valence-corrected chi connectivity index (χ0v) is 10.7. The van der Waals surface area contributed by atoms with E-state index in [9.17, 15) is 0 Å². The number of aryl methyl sites for hydroxylation is 2. The molecule has 88 valence electrons. The lowest BCUT2D eigenvalue weighted by Crippen LogP contribution is -2.25. The Morgan fingerprint density at radius 3 is 2.62 bits per heavy atom. The number of hydrogen-bond acceptors (Lipinski definition) is 1. The van der Waals surface area contributed by atoms with Crippen molar-refractivity contribution in [2.24, 2.45) is 5.92 Å². The molecule has 0 amide bonds. The third-order valence-electron chi connectivity index (χ3n) is 3.61. The molecule has 1 fully saturated rings. The summed E-state index contributed by atoms with van der Waals surface area (Å²) in [5, 5.41) is 3.62. The van der Waals surface area contributed by atoms with E-state index in [1.54, 1.807) is 0 Å². The Kier molecular flexibility index (Phi) is 3.65. The molecule has 1 aliphatic rings. The molecule has 1 unspecified atom stereocenters. The van der Waals surface area contributed by atoms with Gasteiger partial charge in [-0.3, -0.25) is 0 Å². The summed E-state index contributed by atoms with van der Waals surface area (Å²) in [5.74, 6) is 1.02. The summed E-state index contributed by atoms with van der Waals surface area (Å²) in [4.78, 5) is 0. The van der Waals surface area contributed by atoms with Crippen LogP contribution in [0.5, 0.6) is 0 Å². The molecule has 0 spiro atoms. The molecular weight excluding hydrogens is 194 g/mol. The smallest absolute Gasteiger partial charge is 0.0208 e. The van der Waals surface area contributed by atoms with Gasteiger partial charge in [0.15, 0.2) is 0 Å². The Morgan fingerprint density at radius 1 is 1.25 bits per heavy atom. The normalized spacial score (nSPS) is 17.4. The monoisotopic (exact) mass is 217 g/mol. The van der Waals surface area contributed by atoms with E-state index < -0.39 is 0 Å². The molecule has 1 aliphatic carbocycles. The van der Waals surface area contributed by atoms with Crippen LogP contribution in [0.3, 0.4) is 0 Å². The highest BCUT2D eigenvalue weighted by molar-refractivity contribution is 5.29. The standard InChI is InChI=1S/C15H23N/c1-11-4-5-15(8-12(11)2)10-16-13(3)9-14-6-7-14/h4-5,8,13-14,16H,6-7,9-10H2,1-3H3. The van der Waals surface area contributed by atoms with Crippen LogP contribution in [0.1, 0.15) is 42.9 Å². The van der Waals surface area contributed by atoms with Crippen molar-refractivity contribution < 1.29 is 0 Å². The molecule has 1 saturated carbocycles. The lowest BCUT2D eigenvalue weighted by molar-refractivity contribution is 0.487. The minimum absolute atomic E-state index is 0.661. The van der Waals surface area contributed by atoms with Gasteiger partial charge in [0.2, 0.25) is 0 Å². The van der Waals surface area contributed by atoms with Crippen molar-refractivity contribution >= 4 is 0 Å². The van der Waals surface area contributed by atoms with Crippen LogP contribution in [0.15, 0.2) is 18.2 Å². The van der Waals surface area contributed by atoms with Gasteiger partial charge in [-0.05, 0) is 49.8 Å². The van der Waals surface area contributed by atoms with Gasteiger partial charge in [-0.1, -0.05) is 31.0 Å². The molecule has 16 heavy (non-hydrogen) atoms. The van der Waals surface area contributed by atoms with E-state index in [4.69, 9.17) is 0 Å². The molecule has 1 nitrogen and oxygen atoms in total. The Labute approximate surface area is 99.3 Å². The average Bonchev–Trinajstić information content (AvgIpc) is 3.04. The molecule has 0 bridgehead atoms. The Hall–Kier alpha value is -0.820. The van der Waals surface area contributed by atoms with Crippen molar-refractivity contribution in [2.45, 2.75) is 52.6 Å². The van der Waals surface area contributed by atoms with Gasteiger partial charge in [0.1, 0.15) is 0 Å². The maximum absolute atomic E-state index is 3.62. The molecular formula is C15H23N. The van der Waals surface area contributed by atoms with Crippen LogP contribution < -0.4 is 5.32 Å². The largest absolute Gasteiger partial charge is 0.310 e. The first-order valence-corrected chi connectivity index (χ1v) is 6.44. The second-order valence-electron chi connectivity index (χ2n) is 5.38. The molecule has 1 N–H and O–H groups in total. The fourth-order valence-corrected chi connectivity index (χ4v) is 2.14. The van der Waals surface area contributed by atoms with Crippen LogP contribution in [0.2, 0.25) is 0 Å². The highest BCUT2D eigenvalue weighted by Crippen LogP contribution is 2.33. The lowest BCUT2D eigenvalue weighted by Gasteiger charge is -2.14. The molecule has 0 heterocycles. The Balaban J connectivity index is 1.81. The first-order valence-electron chi connectivity index (χ1n) is 6.44. The Bertz CT molecular complexity index is 352. The van der Waals surface area contributed by atoms with Crippen LogP contribution in [-0.4, -0.2) is 6.04 Å². The van der Waals surface area contributed by atoms with Crippen LogP contribution in [0.25, 0.3) is 0 Å². The fourth-order valence-electron chi connectivity index (χ4n) is 2.14. The van der Waals surface area contributed by atoms with E-state index in [2.05, 4.69) is 44.3 Å². The first-order chi connectivity index (χ1) is 7.65. The molecule has 0 aromatic heterocycles. The average molecular weight is 217 g/mol. The predicted molar refractivity (Wildman–Crippen MR) is 69.6 cm³/mol. The zero-order valence-electron chi connectivity index (χ0n) is 10.7. The molecule has 1 aromatic rings. The van der Waals surface area contributed by atoms with Crippen molar-refractivity contribution in [2.75, 3.05) is 0 Å². The summed E-state index contributed by atoms with van der Waals surface area (Å²) in [6.45, 7) is 7.67. The number of rotatable bonds is 5. The van der Waals surface area contributed by atoms with E-state index in [1.165, 1.54) is 36.0 Å². The van der Waals surface area contributed by atoms with Crippen LogP contribution in [0, 0.1) is 19.8 Å². The molecule has 2 rings (SSSR count). The summed E-state index contributed by atoms with van der Waals surface area (Å²) in [6.07, 6.45) is 4.26. The summed E-state index contributed by atoms with van der Waals surface area (Å²) >= 11 is 0. The van der Waals surface area contributed by atoms with Gasteiger partial charge in [-0.15, -0.1) is 0 Å². The van der Waals surface area contributed by atoms with E-state index in [0.717, 1.165) is 12.5 Å².